The second kappa shape index (κ2) is 7.14. The van der Waals surface area contributed by atoms with E-state index in [1.165, 1.54) is 23.6 Å². The van der Waals surface area contributed by atoms with Crippen molar-refractivity contribution in [3.63, 3.8) is 0 Å². The smallest absolute Gasteiger partial charge is 0.232 e. The van der Waals surface area contributed by atoms with Crippen LogP contribution in [-0.4, -0.2) is 54.0 Å². The number of aromatic nitrogens is 3. The van der Waals surface area contributed by atoms with Crippen molar-refractivity contribution < 1.29 is 8.42 Å². The van der Waals surface area contributed by atoms with E-state index in [2.05, 4.69) is 46.3 Å². The standard InChI is InChI=1S/C16H22N4O2S2/c1-13-5-7-14(8-6-13)20-15(19-9-3-4-10-19)17-18-16(20)23-11-12-24(2,21)22/h5-8H,3-4,9-12H2,1-2H3. The van der Waals surface area contributed by atoms with Crippen LogP contribution in [0.2, 0.25) is 0 Å². The zero-order valence-electron chi connectivity index (χ0n) is 14.0. The van der Waals surface area contributed by atoms with Gasteiger partial charge in [0.1, 0.15) is 9.84 Å². The summed E-state index contributed by atoms with van der Waals surface area (Å²) in [6.45, 7) is 4.02. The molecule has 0 unspecified atom stereocenters. The number of hydrogen-bond donors (Lipinski definition) is 0. The quantitative estimate of drug-likeness (QED) is 0.731. The highest BCUT2D eigenvalue weighted by Gasteiger charge is 2.22. The van der Waals surface area contributed by atoms with Crippen LogP contribution in [-0.2, 0) is 9.84 Å². The van der Waals surface area contributed by atoms with Crippen molar-refractivity contribution in [1.29, 1.82) is 0 Å². The SMILES string of the molecule is Cc1ccc(-n2c(SCCS(C)(=O)=O)nnc2N2CCCC2)cc1. The molecule has 3 rings (SSSR count). The number of sulfone groups is 1. The van der Waals surface area contributed by atoms with Crippen LogP contribution in [0.3, 0.4) is 0 Å². The number of thioether (sulfide) groups is 1. The van der Waals surface area contributed by atoms with Gasteiger partial charge in [0.2, 0.25) is 5.95 Å². The first-order chi connectivity index (χ1) is 11.4. The molecule has 0 amide bonds. The van der Waals surface area contributed by atoms with E-state index >= 15 is 0 Å². The normalized spacial score (nSPS) is 15.2. The minimum absolute atomic E-state index is 0.136. The van der Waals surface area contributed by atoms with Crippen LogP contribution < -0.4 is 4.90 Å². The van der Waals surface area contributed by atoms with E-state index in [-0.39, 0.29) is 5.75 Å². The Labute approximate surface area is 147 Å². The van der Waals surface area contributed by atoms with Gasteiger partial charge in [0, 0.05) is 25.1 Å². The molecule has 1 aromatic carbocycles. The summed E-state index contributed by atoms with van der Waals surface area (Å²) in [5, 5.41) is 9.44. The number of hydrogen-bond acceptors (Lipinski definition) is 6. The molecule has 24 heavy (non-hydrogen) atoms. The van der Waals surface area contributed by atoms with E-state index in [1.807, 2.05) is 4.57 Å². The van der Waals surface area contributed by atoms with Crippen molar-refractivity contribution >= 4 is 27.5 Å². The second-order valence-electron chi connectivity index (χ2n) is 6.13. The number of benzene rings is 1. The van der Waals surface area contributed by atoms with Crippen LogP contribution in [0.15, 0.2) is 29.4 Å². The summed E-state index contributed by atoms with van der Waals surface area (Å²) in [6.07, 6.45) is 3.59. The van der Waals surface area contributed by atoms with Crippen molar-refractivity contribution in [2.75, 3.05) is 35.8 Å². The third kappa shape index (κ3) is 4.10. The molecular formula is C16H22N4O2S2. The van der Waals surface area contributed by atoms with Gasteiger partial charge in [-0.05, 0) is 31.9 Å². The van der Waals surface area contributed by atoms with E-state index < -0.39 is 9.84 Å². The zero-order chi connectivity index (χ0) is 17.2. The molecule has 130 valence electrons. The van der Waals surface area contributed by atoms with Crippen LogP contribution in [0.25, 0.3) is 5.69 Å². The van der Waals surface area contributed by atoms with Crippen molar-refractivity contribution in [1.82, 2.24) is 14.8 Å². The van der Waals surface area contributed by atoms with Gasteiger partial charge in [-0.15, -0.1) is 10.2 Å². The Morgan fingerprint density at radius 3 is 2.42 bits per heavy atom. The molecule has 0 bridgehead atoms. The summed E-state index contributed by atoms with van der Waals surface area (Å²) in [5.74, 6) is 1.46. The van der Waals surface area contributed by atoms with Crippen LogP contribution in [0.1, 0.15) is 18.4 Å². The minimum Gasteiger partial charge on any atom is -0.341 e. The third-order valence-electron chi connectivity index (χ3n) is 3.98. The molecule has 1 aliphatic rings. The molecule has 8 heteroatoms. The average molecular weight is 367 g/mol. The van der Waals surface area contributed by atoms with Crippen molar-refractivity contribution in [3.05, 3.63) is 29.8 Å². The van der Waals surface area contributed by atoms with Gasteiger partial charge in [-0.3, -0.25) is 4.57 Å². The lowest BCUT2D eigenvalue weighted by Gasteiger charge is -2.18. The van der Waals surface area contributed by atoms with E-state index in [0.29, 0.717) is 5.75 Å². The molecule has 0 saturated carbocycles. The molecule has 1 fully saturated rings. The van der Waals surface area contributed by atoms with E-state index in [4.69, 9.17) is 0 Å². The van der Waals surface area contributed by atoms with Crippen molar-refractivity contribution in [2.24, 2.45) is 0 Å². The average Bonchev–Trinajstić information content (AvgIpc) is 3.16. The monoisotopic (exact) mass is 366 g/mol. The topological polar surface area (TPSA) is 68.1 Å². The van der Waals surface area contributed by atoms with Crippen molar-refractivity contribution in [3.8, 4) is 5.69 Å². The predicted octanol–water partition coefficient (Wildman–Crippen LogP) is 2.31. The molecule has 0 radical (unpaired) electrons. The second-order valence-corrected chi connectivity index (χ2v) is 9.45. The number of nitrogens with zero attached hydrogens (tertiary/aromatic N) is 4. The number of rotatable bonds is 6. The van der Waals surface area contributed by atoms with Crippen LogP contribution in [0.4, 0.5) is 5.95 Å². The summed E-state index contributed by atoms with van der Waals surface area (Å²) in [4.78, 5) is 2.24. The van der Waals surface area contributed by atoms with Gasteiger partial charge in [0.05, 0.1) is 11.4 Å². The first-order valence-electron chi connectivity index (χ1n) is 8.02. The molecule has 6 nitrogen and oxygen atoms in total. The first kappa shape index (κ1) is 17.3. The molecule has 0 N–H and O–H groups in total. The summed E-state index contributed by atoms with van der Waals surface area (Å²) >= 11 is 1.44. The Hall–Kier alpha value is -1.54. The fraction of sp³-hybridized carbons (Fsp3) is 0.500. The van der Waals surface area contributed by atoms with Crippen molar-refractivity contribution in [2.45, 2.75) is 24.9 Å². The first-order valence-corrected chi connectivity index (χ1v) is 11.1. The molecular weight excluding hydrogens is 344 g/mol. The van der Waals surface area contributed by atoms with E-state index in [0.717, 1.165) is 42.7 Å². The lowest BCUT2D eigenvalue weighted by Crippen LogP contribution is -2.22. The molecule has 1 aromatic heterocycles. The Kier molecular flexibility index (Phi) is 5.15. The third-order valence-corrected chi connectivity index (χ3v) is 6.12. The molecule has 1 saturated heterocycles. The maximum absolute atomic E-state index is 11.4. The predicted molar refractivity (Wildman–Crippen MR) is 98.0 cm³/mol. The fourth-order valence-electron chi connectivity index (χ4n) is 2.68. The Morgan fingerprint density at radius 1 is 1.12 bits per heavy atom. The maximum Gasteiger partial charge on any atom is 0.232 e. The molecule has 0 atom stereocenters. The maximum atomic E-state index is 11.4. The zero-order valence-corrected chi connectivity index (χ0v) is 15.6. The summed E-state index contributed by atoms with van der Waals surface area (Å²) < 4.78 is 24.8. The number of aryl methyl sites for hydroxylation is 1. The highest BCUT2D eigenvalue weighted by Crippen LogP contribution is 2.28. The van der Waals surface area contributed by atoms with Gasteiger partial charge < -0.3 is 4.90 Å². The van der Waals surface area contributed by atoms with Gasteiger partial charge in [0.25, 0.3) is 0 Å². The highest BCUT2D eigenvalue weighted by atomic mass is 32.2. The molecule has 2 heterocycles. The van der Waals surface area contributed by atoms with Gasteiger partial charge in [-0.2, -0.15) is 0 Å². The van der Waals surface area contributed by atoms with E-state index in [9.17, 15) is 8.42 Å². The summed E-state index contributed by atoms with van der Waals surface area (Å²) in [6, 6.07) is 8.24. The number of anilines is 1. The lowest BCUT2D eigenvalue weighted by molar-refractivity contribution is 0.603. The van der Waals surface area contributed by atoms with Gasteiger partial charge in [-0.1, -0.05) is 29.5 Å². The largest absolute Gasteiger partial charge is 0.341 e. The van der Waals surface area contributed by atoms with Gasteiger partial charge in [0.15, 0.2) is 5.16 Å². The summed E-state index contributed by atoms with van der Waals surface area (Å²) in [7, 11) is -2.97. The minimum atomic E-state index is -2.97. The van der Waals surface area contributed by atoms with Crippen LogP contribution >= 0.6 is 11.8 Å². The Bertz CT molecular complexity index is 794. The Balaban J connectivity index is 1.91. The summed E-state index contributed by atoms with van der Waals surface area (Å²) in [5.41, 5.74) is 2.20. The van der Waals surface area contributed by atoms with Crippen LogP contribution in [0.5, 0.6) is 0 Å². The van der Waals surface area contributed by atoms with Crippen LogP contribution in [0, 0.1) is 6.92 Å². The Morgan fingerprint density at radius 2 is 1.79 bits per heavy atom. The molecule has 1 aliphatic heterocycles. The molecule has 0 spiro atoms. The molecule has 0 aliphatic carbocycles. The van der Waals surface area contributed by atoms with Gasteiger partial charge >= 0.3 is 0 Å². The molecule has 2 aromatic rings. The van der Waals surface area contributed by atoms with Gasteiger partial charge in [-0.25, -0.2) is 8.42 Å². The fourth-order valence-corrected chi connectivity index (χ4v) is 4.82. The highest BCUT2D eigenvalue weighted by molar-refractivity contribution is 8.00. The lowest BCUT2D eigenvalue weighted by atomic mass is 10.2. The van der Waals surface area contributed by atoms with E-state index in [1.54, 1.807) is 0 Å².